The number of hydrogen-bond acceptors (Lipinski definition) is 4. The highest BCUT2D eigenvalue weighted by Gasteiger charge is 2.25. The first kappa shape index (κ1) is 21.4. The van der Waals surface area contributed by atoms with E-state index in [1.54, 1.807) is 9.80 Å². The van der Waals surface area contributed by atoms with Gasteiger partial charge in [0.1, 0.15) is 6.54 Å². The Morgan fingerprint density at radius 3 is 2.31 bits per heavy atom. The average molecular weight is 434 g/mol. The summed E-state index contributed by atoms with van der Waals surface area (Å²) in [5, 5.41) is 3.90. The average Bonchev–Trinajstić information content (AvgIpc) is 3.13. The molecule has 4 rings (SSSR count). The van der Waals surface area contributed by atoms with E-state index in [2.05, 4.69) is 5.32 Å². The number of fused-ring (bicyclic) bond motifs is 1. The maximum absolute atomic E-state index is 12.5. The molecule has 1 saturated heterocycles. The molecule has 1 fully saturated rings. The third-order valence-electron chi connectivity index (χ3n) is 5.61. The summed E-state index contributed by atoms with van der Waals surface area (Å²) in [6.07, 6.45) is 0. The standard InChI is InChI=1S/C24H26N4O4/c1-18-15-19-7-5-6-10-21(19)28(18)16-23(30)32-17-22(29)26-11-13-27(14-12-26)24(31)25-20-8-3-2-4-9-20/h2-10,15H,11-14,16-17H2,1H3,(H,25,31). The molecule has 8 heteroatoms. The number of hydrogen-bond donors (Lipinski definition) is 1. The van der Waals surface area contributed by atoms with Gasteiger partial charge < -0.3 is 24.4 Å². The predicted octanol–water partition coefficient (Wildman–Crippen LogP) is 2.87. The van der Waals surface area contributed by atoms with E-state index in [1.165, 1.54) is 0 Å². The number of rotatable bonds is 5. The van der Waals surface area contributed by atoms with E-state index in [9.17, 15) is 14.4 Å². The second-order valence-electron chi connectivity index (χ2n) is 7.76. The normalized spacial score (nSPS) is 13.8. The molecule has 32 heavy (non-hydrogen) atoms. The molecule has 2 heterocycles. The molecule has 1 aliphatic rings. The zero-order chi connectivity index (χ0) is 22.5. The van der Waals surface area contributed by atoms with Crippen molar-refractivity contribution in [1.82, 2.24) is 14.4 Å². The molecule has 0 bridgehead atoms. The van der Waals surface area contributed by atoms with E-state index in [-0.39, 0.29) is 25.1 Å². The van der Waals surface area contributed by atoms with Crippen LogP contribution in [0.2, 0.25) is 0 Å². The number of carbonyl (C=O) groups excluding carboxylic acids is 3. The Morgan fingerprint density at radius 2 is 1.56 bits per heavy atom. The van der Waals surface area contributed by atoms with Crippen molar-refractivity contribution >= 4 is 34.5 Å². The van der Waals surface area contributed by atoms with E-state index in [0.717, 1.165) is 22.3 Å². The van der Waals surface area contributed by atoms with Gasteiger partial charge in [-0.15, -0.1) is 0 Å². The zero-order valence-corrected chi connectivity index (χ0v) is 18.0. The van der Waals surface area contributed by atoms with Crippen LogP contribution in [0, 0.1) is 6.92 Å². The van der Waals surface area contributed by atoms with Crippen LogP contribution in [0.1, 0.15) is 5.69 Å². The molecule has 166 valence electrons. The number of amides is 3. The largest absolute Gasteiger partial charge is 0.454 e. The van der Waals surface area contributed by atoms with Gasteiger partial charge in [-0.1, -0.05) is 36.4 Å². The van der Waals surface area contributed by atoms with Crippen LogP contribution in [0.25, 0.3) is 10.9 Å². The lowest BCUT2D eigenvalue weighted by atomic mass is 10.2. The third-order valence-corrected chi connectivity index (χ3v) is 5.61. The van der Waals surface area contributed by atoms with Crippen molar-refractivity contribution in [3.05, 3.63) is 66.4 Å². The molecule has 2 aromatic carbocycles. The monoisotopic (exact) mass is 434 g/mol. The molecule has 3 aromatic rings. The number of urea groups is 1. The van der Waals surface area contributed by atoms with E-state index < -0.39 is 5.97 Å². The summed E-state index contributed by atoms with van der Waals surface area (Å²) in [6.45, 7) is 3.35. The first-order valence-electron chi connectivity index (χ1n) is 10.6. The van der Waals surface area contributed by atoms with E-state index >= 15 is 0 Å². The van der Waals surface area contributed by atoms with Crippen LogP contribution in [0.4, 0.5) is 10.5 Å². The quantitative estimate of drug-likeness (QED) is 0.626. The maximum atomic E-state index is 12.5. The van der Waals surface area contributed by atoms with Crippen LogP contribution >= 0.6 is 0 Å². The second-order valence-corrected chi connectivity index (χ2v) is 7.76. The lowest BCUT2D eigenvalue weighted by Crippen LogP contribution is -2.52. The lowest BCUT2D eigenvalue weighted by Gasteiger charge is -2.34. The molecule has 8 nitrogen and oxygen atoms in total. The number of nitrogens with one attached hydrogen (secondary N) is 1. The van der Waals surface area contributed by atoms with Crippen molar-refractivity contribution < 1.29 is 19.1 Å². The molecule has 0 spiro atoms. The molecule has 1 aliphatic heterocycles. The fourth-order valence-electron chi connectivity index (χ4n) is 3.85. The summed E-state index contributed by atoms with van der Waals surface area (Å²) in [5.41, 5.74) is 2.64. The maximum Gasteiger partial charge on any atom is 0.326 e. The Labute approximate surface area is 186 Å². The van der Waals surface area contributed by atoms with Gasteiger partial charge in [0.05, 0.1) is 0 Å². The zero-order valence-electron chi connectivity index (χ0n) is 18.0. The van der Waals surface area contributed by atoms with Crippen LogP contribution in [0.3, 0.4) is 0 Å². The Bertz CT molecular complexity index is 1120. The van der Waals surface area contributed by atoms with Crippen molar-refractivity contribution in [2.75, 3.05) is 38.1 Å². The van der Waals surface area contributed by atoms with Crippen molar-refractivity contribution in [2.45, 2.75) is 13.5 Å². The van der Waals surface area contributed by atoms with Gasteiger partial charge >= 0.3 is 12.0 Å². The number of benzene rings is 2. The Hall–Kier alpha value is -3.81. The van der Waals surface area contributed by atoms with Crippen LogP contribution in [0.5, 0.6) is 0 Å². The number of carbonyl (C=O) groups is 3. The van der Waals surface area contributed by atoms with E-state index in [1.807, 2.05) is 72.2 Å². The van der Waals surface area contributed by atoms with Crippen molar-refractivity contribution in [3.8, 4) is 0 Å². The molecule has 0 atom stereocenters. The third kappa shape index (κ3) is 4.91. The summed E-state index contributed by atoms with van der Waals surface area (Å²) in [7, 11) is 0. The van der Waals surface area contributed by atoms with Crippen LogP contribution in [-0.2, 0) is 20.9 Å². The van der Waals surface area contributed by atoms with Crippen LogP contribution < -0.4 is 5.32 Å². The minimum atomic E-state index is -0.455. The van der Waals surface area contributed by atoms with Crippen molar-refractivity contribution in [1.29, 1.82) is 0 Å². The molecular formula is C24H26N4O4. The molecule has 1 aromatic heterocycles. The second kappa shape index (κ2) is 9.55. The number of aryl methyl sites for hydroxylation is 1. The minimum absolute atomic E-state index is 0.0556. The summed E-state index contributed by atoms with van der Waals surface area (Å²) in [6, 6.07) is 18.9. The summed E-state index contributed by atoms with van der Waals surface area (Å²) >= 11 is 0. The number of aromatic nitrogens is 1. The smallest absolute Gasteiger partial charge is 0.326 e. The fraction of sp³-hybridized carbons (Fsp3) is 0.292. The number of piperazine rings is 1. The minimum Gasteiger partial charge on any atom is -0.454 e. The number of nitrogens with zero attached hydrogens (tertiary/aromatic N) is 3. The van der Waals surface area contributed by atoms with Gasteiger partial charge in [-0.3, -0.25) is 9.59 Å². The molecule has 1 N–H and O–H groups in total. The Morgan fingerprint density at radius 1 is 0.906 bits per heavy atom. The summed E-state index contributed by atoms with van der Waals surface area (Å²) in [5.74, 6) is -0.709. The summed E-state index contributed by atoms with van der Waals surface area (Å²) in [4.78, 5) is 40.5. The van der Waals surface area contributed by atoms with Crippen LogP contribution in [-0.4, -0.2) is 65.1 Å². The molecule has 0 radical (unpaired) electrons. The predicted molar refractivity (Wildman–Crippen MR) is 121 cm³/mol. The first-order chi connectivity index (χ1) is 15.5. The lowest BCUT2D eigenvalue weighted by molar-refractivity contribution is -0.153. The molecule has 0 unspecified atom stereocenters. The van der Waals surface area contributed by atoms with Gasteiger partial charge in [0.2, 0.25) is 0 Å². The van der Waals surface area contributed by atoms with Gasteiger partial charge in [0, 0.05) is 43.1 Å². The van der Waals surface area contributed by atoms with Gasteiger partial charge in [-0.05, 0) is 36.6 Å². The fourth-order valence-corrected chi connectivity index (χ4v) is 3.85. The van der Waals surface area contributed by atoms with E-state index in [4.69, 9.17) is 4.74 Å². The molecule has 0 aliphatic carbocycles. The SMILES string of the molecule is Cc1cc2ccccc2n1CC(=O)OCC(=O)N1CCN(C(=O)Nc2ccccc2)CC1. The Balaban J connectivity index is 1.23. The molecular weight excluding hydrogens is 408 g/mol. The van der Waals surface area contributed by atoms with Gasteiger partial charge in [-0.2, -0.15) is 0 Å². The van der Waals surface area contributed by atoms with Crippen molar-refractivity contribution in [2.24, 2.45) is 0 Å². The molecule has 0 saturated carbocycles. The topological polar surface area (TPSA) is 83.9 Å². The van der Waals surface area contributed by atoms with Gasteiger partial charge in [0.15, 0.2) is 6.61 Å². The number of para-hydroxylation sites is 2. The number of ether oxygens (including phenoxy) is 1. The highest BCUT2D eigenvalue weighted by atomic mass is 16.5. The van der Waals surface area contributed by atoms with E-state index in [0.29, 0.717) is 26.2 Å². The van der Waals surface area contributed by atoms with Gasteiger partial charge in [0.25, 0.3) is 5.91 Å². The van der Waals surface area contributed by atoms with Gasteiger partial charge in [-0.25, -0.2) is 4.79 Å². The summed E-state index contributed by atoms with van der Waals surface area (Å²) < 4.78 is 7.12. The van der Waals surface area contributed by atoms with Crippen LogP contribution in [0.15, 0.2) is 60.7 Å². The molecule has 3 amide bonds. The van der Waals surface area contributed by atoms with Crippen molar-refractivity contribution in [3.63, 3.8) is 0 Å². The highest BCUT2D eigenvalue weighted by Crippen LogP contribution is 2.19. The number of esters is 1. The highest BCUT2D eigenvalue weighted by molar-refractivity contribution is 5.89. The first-order valence-corrected chi connectivity index (χ1v) is 10.6. The Kier molecular flexibility index (Phi) is 6.39. The number of anilines is 1.